The average Bonchev–Trinajstić information content (AvgIpc) is 2.82. The first-order valence-electron chi connectivity index (χ1n) is 5.76. The molecule has 1 aromatic carbocycles. The Morgan fingerprint density at radius 1 is 1.35 bits per heavy atom. The van der Waals surface area contributed by atoms with Crippen molar-refractivity contribution in [2.75, 3.05) is 19.7 Å². The van der Waals surface area contributed by atoms with Crippen LogP contribution in [0.5, 0.6) is 5.75 Å². The second-order valence-corrected chi connectivity index (χ2v) is 4.68. The summed E-state index contributed by atoms with van der Waals surface area (Å²) in [6, 6.07) is 1.99. The van der Waals surface area contributed by atoms with Gasteiger partial charge in [0.05, 0.1) is 6.54 Å². The highest BCUT2D eigenvalue weighted by Gasteiger charge is 2.11. The number of aliphatic imine (C=N–C) groups is 1. The molecule has 4 heteroatoms. The molecule has 1 aliphatic heterocycles. The van der Waals surface area contributed by atoms with Crippen molar-refractivity contribution in [2.45, 2.75) is 20.8 Å². The second kappa shape index (κ2) is 4.96. The number of nitrogens with zero attached hydrogens (tertiary/aromatic N) is 1. The monoisotopic (exact) mass is 252 g/mol. The van der Waals surface area contributed by atoms with Crippen molar-refractivity contribution in [3.8, 4) is 5.75 Å². The number of rotatable bonds is 3. The third-order valence-corrected chi connectivity index (χ3v) is 3.64. The van der Waals surface area contributed by atoms with Crippen molar-refractivity contribution in [2.24, 2.45) is 4.99 Å². The minimum Gasteiger partial charge on any atom is -0.485 e. The van der Waals surface area contributed by atoms with E-state index in [1.165, 1.54) is 0 Å². The molecule has 1 heterocycles. The van der Waals surface area contributed by atoms with E-state index in [0.29, 0.717) is 6.61 Å². The van der Waals surface area contributed by atoms with Crippen LogP contribution >= 0.6 is 11.6 Å². The van der Waals surface area contributed by atoms with Gasteiger partial charge in [-0.25, -0.2) is 0 Å². The first-order chi connectivity index (χ1) is 8.09. The molecule has 2 rings (SSSR count). The maximum absolute atomic E-state index is 6.19. The predicted octanol–water partition coefficient (Wildman–Crippen LogP) is 2.65. The largest absolute Gasteiger partial charge is 0.485 e. The smallest absolute Gasteiger partial charge is 0.145 e. The Bertz CT molecular complexity index is 469. The molecule has 17 heavy (non-hydrogen) atoms. The first-order valence-corrected chi connectivity index (χ1v) is 6.13. The van der Waals surface area contributed by atoms with Crippen molar-refractivity contribution in [3.63, 3.8) is 0 Å². The van der Waals surface area contributed by atoms with E-state index in [9.17, 15) is 0 Å². The van der Waals surface area contributed by atoms with Crippen LogP contribution in [-0.2, 0) is 0 Å². The summed E-state index contributed by atoms with van der Waals surface area (Å²) in [5, 5.41) is 4.01. The number of hydrogen-bond donors (Lipinski definition) is 1. The van der Waals surface area contributed by atoms with E-state index in [-0.39, 0.29) is 0 Å². The van der Waals surface area contributed by atoms with Crippen LogP contribution in [0.15, 0.2) is 11.1 Å². The summed E-state index contributed by atoms with van der Waals surface area (Å²) in [7, 11) is 0. The number of ether oxygens (including phenoxy) is 1. The molecule has 0 saturated heterocycles. The lowest BCUT2D eigenvalue weighted by Gasteiger charge is -2.14. The molecular weight excluding hydrogens is 236 g/mol. The number of halogens is 1. The van der Waals surface area contributed by atoms with Gasteiger partial charge in [-0.15, -0.1) is 0 Å². The average molecular weight is 253 g/mol. The Morgan fingerprint density at radius 3 is 2.76 bits per heavy atom. The van der Waals surface area contributed by atoms with Crippen LogP contribution in [0.2, 0.25) is 5.02 Å². The van der Waals surface area contributed by atoms with E-state index >= 15 is 0 Å². The van der Waals surface area contributed by atoms with E-state index in [1.807, 2.05) is 26.8 Å². The number of benzene rings is 1. The van der Waals surface area contributed by atoms with Crippen LogP contribution in [0.4, 0.5) is 0 Å². The minimum absolute atomic E-state index is 0.501. The van der Waals surface area contributed by atoms with Crippen molar-refractivity contribution < 1.29 is 4.74 Å². The fraction of sp³-hybridized carbons (Fsp3) is 0.462. The molecule has 0 saturated carbocycles. The molecule has 1 aliphatic rings. The predicted molar refractivity (Wildman–Crippen MR) is 71.5 cm³/mol. The maximum atomic E-state index is 6.19. The first kappa shape index (κ1) is 12.2. The minimum atomic E-state index is 0.501. The lowest BCUT2D eigenvalue weighted by atomic mass is 10.1. The van der Waals surface area contributed by atoms with Gasteiger partial charge in [-0.3, -0.25) is 4.99 Å². The Labute approximate surface area is 107 Å². The van der Waals surface area contributed by atoms with Gasteiger partial charge in [0, 0.05) is 11.6 Å². The molecule has 3 nitrogen and oxygen atoms in total. The van der Waals surface area contributed by atoms with Gasteiger partial charge in [0.15, 0.2) is 0 Å². The molecule has 0 fully saturated rings. The molecule has 0 radical (unpaired) electrons. The highest BCUT2D eigenvalue weighted by atomic mass is 35.5. The molecule has 1 aromatic rings. The Morgan fingerprint density at radius 2 is 2.12 bits per heavy atom. The molecule has 1 N–H and O–H groups in total. The Hall–Kier alpha value is -1.22. The number of hydrogen-bond acceptors (Lipinski definition) is 3. The van der Waals surface area contributed by atoms with Crippen molar-refractivity contribution in [3.05, 3.63) is 27.8 Å². The van der Waals surface area contributed by atoms with Crippen LogP contribution in [0.1, 0.15) is 16.7 Å². The third-order valence-electron chi connectivity index (χ3n) is 3.06. The van der Waals surface area contributed by atoms with Crippen molar-refractivity contribution in [1.29, 1.82) is 0 Å². The lowest BCUT2D eigenvalue weighted by molar-refractivity contribution is 0.370. The molecular formula is C13H17ClN2O. The highest BCUT2D eigenvalue weighted by molar-refractivity contribution is 6.32. The Balaban J connectivity index is 2.15. The van der Waals surface area contributed by atoms with Crippen LogP contribution in [0.25, 0.3) is 0 Å². The van der Waals surface area contributed by atoms with Gasteiger partial charge in [-0.2, -0.15) is 0 Å². The van der Waals surface area contributed by atoms with Crippen LogP contribution in [0, 0.1) is 20.8 Å². The summed E-state index contributed by atoms with van der Waals surface area (Å²) in [5.74, 6) is 1.82. The van der Waals surface area contributed by atoms with Crippen LogP contribution < -0.4 is 10.1 Å². The summed E-state index contributed by atoms with van der Waals surface area (Å²) in [4.78, 5) is 4.30. The zero-order valence-corrected chi connectivity index (χ0v) is 11.2. The summed E-state index contributed by atoms with van der Waals surface area (Å²) >= 11 is 6.19. The topological polar surface area (TPSA) is 33.6 Å². The quantitative estimate of drug-likeness (QED) is 0.897. The van der Waals surface area contributed by atoms with Crippen LogP contribution in [0.3, 0.4) is 0 Å². The van der Waals surface area contributed by atoms with E-state index in [4.69, 9.17) is 16.3 Å². The normalized spacial score (nSPS) is 14.5. The van der Waals surface area contributed by atoms with E-state index in [1.54, 1.807) is 0 Å². The summed E-state index contributed by atoms with van der Waals surface area (Å²) in [5.41, 5.74) is 3.23. The van der Waals surface area contributed by atoms with E-state index < -0.39 is 0 Å². The van der Waals surface area contributed by atoms with Gasteiger partial charge in [0.2, 0.25) is 0 Å². The highest BCUT2D eigenvalue weighted by Crippen LogP contribution is 2.30. The van der Waals surface area contributed by atoms with Gasteiger partial charge < -0.3 is 10.1 Å². The van der Waals surface area contributed by atoms with Crippen molar-refractivity contribution >= 4 is 17.4 Å². The standard InChI is InChI=1S/C13H17ClN2O/c1-8-6-11(9(2)10(3)13(8)14)17-7-12-15-4-5-16-12/h6H,4-5,7H2,1-3H3,(H,15,16). The molecule has 0 aliphatic carbocycles. The SMILES string of the molecule is Cc1cc(OCC2=NCCN2)c(C)c(C)c1Cl. The maximum Gasteiger partial charge on any atom is 0.145 e. The lowest BCUT2D eigenvalue weighted by Crippen LogP contribution is -2.25. The molecule has 0 atom stereocenters. The van der Waals surface area contributed by atoms with Gasteiger partial charge in [0.1, 0.15) is 18.2 Å². The van der Waals surface area contributed by atoms with Gasteiger partial charge in [0.25, 0.3) is 0 Å². The molecule has 92 valence electrons. The summed E-state index contributed by atoms with van der Waals surface area (Å²) in [6.45, 7) is 8.30. The third kappa shape index (κ3) is 2.55. The van der Waals surface area contributed by atoms with Gasteiger partial charge in [-0.05, 0) is 43.5 Å². The van der Waals surface area contributed by atoms with Crippen LogP contribution in [-0.4, -0.2) is 25.5 Å². The Kier molecular flexibility index (Phi) is 3.57. The van der Waals surface area contributed by atoms with E-state index in [2.05, 4.69) is 10.3 Å². The molecule has 0 spiro atoms. The summed E-state index contributed by atoms with van der Waals surface area (Å²) in [6.07, 6.45) is 0. The molecule has 0 bridgehead atoms. The zero-order chi connectivity index (χ0) is 12.4. The summed E-state index contributed by atoms with van der Waals surface area (Å²) < 4.78 is 5.79. The number of nitrogens with one attached hydrogen (secondary N) is 1. The number of amidine groups is 1. The fourth-order valence-electron chi connectivity index (χ4n) is 1.85. The molecule has 0 amide bonds. The van der Waals surface area contributed by atoms with Gasteiger partial charge in [-0.1, -0.05) is 11.6 Å². The second-order valence-electron chi connectivity index (χ2n) is 4.30. The fourth-order valence-corrected chi connectivity index (χ4v) is 2.05. The van der Waals surface area contributed by atoms with Crippen molar-refractivity contribution in [1.82, 2.24) is 5.32 Å². The van der Waals surface area contributed by atoms with Gasteiger partial charge >= 0.3 is 0 Å². The van der Waals surface area contributed by atoms with E-state index in [0.717, 1.165) is 46.4 Å². The molecule has 0 unspecified atom stereocenters. The molecule has 0 aromatic heterocycles. The zero-order valence-electron chi connectivity index (χ0n) is 10.4. The number of aryl methyl sites for hydroxylation is 1.